The Morgan fingerprint density at radius 2 is 1.82 bits per heavy atom. The maximum Gasteiger partial charge on any atom is 0.339 e. The zero-order chi connectivity index (χ0) is 20.7. The first kappa shape index (κ1) is 21.1. The monoisotopic (exact) mass is 388 g/mol. The molecule has 0 atom stereocenters. The molecular weight excluding hydrogens is 364 g/mol. The van der Waals surface area contributed by atoms with Crippen molar-refractivity contribution in [3.8, 4) is 0 Å². The average molecular weight is 388 g/mol. The van der Waals surface area contributed by atoms with Crippen LogP contribution >= 0.6 is 0 Å². The number of rotatable bonds is 9. The molecule has 0 radical (unpaired) electrons. The summed E-state index contributed by atoms with van der Waals surface area (Å²) in [5, 5.41) is 15.5. The van der Waals surface area contributed by atoms with Gasteiger partial charge in [0.1, 0.15) is 17.9 Å². The molecule has 1 amide bonds. The fourth-order valence-corrected chi connectivity index (χ4v) is 2.63. The lowest BCUT2D eigenvalue weighted by Gasteiger charge is -2.17. The zero-order valence-electron chi connectivity index (χ0n) is 16.1. The molecule has 2 aromatic rings. The van der Waals surface area contributed by atoms with Gasteiger partial charge in [0.2, 0.25) is 0 Å². The topological polar surface area (TPSA) is 114 Å². The number of anilines is 1. The molecule has 1 heterocycles. The van der Waals surface area contributed by atoms with Crippen molar-refractivity contribution in [2.75, 3.05) is 31.6 Å². The van der Waals surface area contributed by atoms with Crippen molar-refractivity contribution in [2.45, 2.75) is 13.8 Å². The van der Waals surface area contributed by atoms with Gasteiger partial charge in [-0.2, -0.15) is 5.10 Å². The van der Waals surface area contributed by atoms with Crippen molar-refractivity contribution < 1.29 is 24.2 Å². The van der Waals surface area contributed by atoms with Crippen molar-refractivity contribution >= 4 is 23.5 Å². The number of nitrogens with zero attached hydrogens (tertiary/aromatic N) is 3. The molecular formula is C19H24N4O5. The minimum atomic E-state index is -1.24. The first-order chi connectivity index (χ1) is 13.4. The summed E-state index contributed by atoms with van der Waals surface area (Å²) in [5.41, 5.74) is 0.535. The van der Waals surface area contributed by atoms with Crippen LogP contribution in [0.4, 0.5) is 5.69 Å². The Bertz CT molecular complexity index is 841. The number of benzene rings is 1. The first-order valence-corrected chi connectivity index (χ1v) is 8.93. The number of aromatic carboxylic acids is 1. The van der Waals surface area contributed by atoms with Gasteiger partial charge in [0.05, 0.1) is 11.8 Å². The summed E-state index contributed by atoms with van der Waals surface area (Å²) >= 11 is 0. The third-order valence-electron chi connectivity index (χ3n) is 4.30. The van der Waals surface area contributed by atoms with Gasteiger partial charge in [-0.3, -0.25) is 9.48 Å². The number of carbonyl (C=O) groups is 3. The van der Waals surface area contributed by atoms with Crippen LogP contribution in [0.1, 0.15) is 45.1 Å². The van der Waals surface area contributed by atoms with Crippen molar-refractivity contribution in [3.05, 3.63) is 47.3 Å². The van der Waals surface area contributed by atoms with Gasteiger partial charge < -0.3 is 20.1 Å². The lowest BCUT2D eigenvalue weighted by Crippen LogP contribution is -2.27. The van der Waals surface area contributed by atoms with Gasteiger partial charge in [0, 0.05) is 19.3 Å². The van der Waals surface area contributed by atoms with Crippen LogP contribution in [-0.4, -0.2) is 63.9 Å². The number of carbonyl (C=O) groups excluding carboxylic acids is 2. The van der Waals surface area contributed by atoms with E-state index in [2.05, 4.69) is 15.3 Å². The third-order valence-corrected chi connectivity index (χ3v) is 4.30. The Kier molecular flexibility index (Phi) is 7.28. The van der Waals surface area contributed by atoms with Gasteiger partial charge in [-0.05, 0) is 37.4 Å². The zero-order valence-corrected chi connectivity index (χ0v) is 16.1. The van der Waals surface area contributed by atoms with Crippen LogP contribution in [0.25, 0.3) is 0 Å². The van der Waals surface area contributed by atoms with Crippen LogP contribution in [0.3, 0.4) is 0 Å². The normalized spacial score (nSPS) is 10.7. The van der Waals surface area contributed by atoms with E-state index in [1.54, 1.807) is 12.1 Å². The summed E-state index contributed by atoms with van der Waals surface area (Å²) in [5.74, 6) is -2.28. The van der Waals surface area contributed by atoms with Crippen LogP contribution < -0.4 is 5.32 Å². The predicted octanol–water partition coefficient (Wildman–Crippen LogP) is 1.87. The van der Waals surface area contributed by atoms with Crippen LogP contribution in [-0.2, 0) is 11.8 Å². The van der Waals surface area contributed by atoms with Gasteiger partial charge in [0.15, 0.2) is 0 Å². The summed E-state index contributed by atoms with van der Waals surface area (Å²) in [6, 6.07) is 6.18. The number of nitrogens with one attached hydrogen (secondary N) is 1. The molecule has 150 valence electrons. The third kappa shape index (κ3) is 5.17. The first-order valence-electron chi connectivity index (χ1n) is 8.93. The maximum atomic E-state index is 12.4. The molecule has 0 fully saturated rings. The predicted molar refractivity (Wildman–Crippen MR) is 103 cm³/mol. The number of hydrogen-bond donors (Lipinski definition) is 2. The van der Waals surface area contributed by atoms with E-state index >= 15 is 0 Å². The lowest BCUT2D eigenvalue weighted by atomic mass is 10.2. The van der Waals surface area contributed by atoms with Gasteiger partial charge in [-0.25, -0.2) is 9.59 Å². The number of ether oxygens (including phenoxy) is 1. The Hall–Kier alpha value is -3.20. The number of esters is 1. The second kappa shape index (κ2) is 9.65. The van der Waals surface area contributed by atoms with Crippen molar-refractivity contribution in [3.63, 3.8) is 0 Å². The molecule has 0 aliphatic carbocycles. The molecule has 2 rings (SSSR count). The summed E-state index contributed by atoms with van der Waals surface area (Å²) in [4.78, 5) is 37.8. The summed E-state index contributed by atoms with van der Waals surface area (Å²) < 4.78 is 6.45. The molecule has 9 heteroatoms. The van der Waals surface area contributed by atoms with E-state index in [0.29, 0.717) is 24.4 Å². The Morgan fingerprint density at radius 1 is 1.18 bits per heavy atom. The number of likely N-dealkylation sites (N-methyl/N-ethyl adjacent to an activating group) is 1. The number of amides is 1. The quantitative estimate of drug-likeness (QED) is 0.630. The Balaban J connectivity index is 1.97. The van der Waals surface area contributed by atoms with E-state index in [4.69, 9.17) is 9.84 Å². The van der Waals surface area contributed by atoms with E-state index in [0.717, 1.165) is 19.3 Å². The fraction of sp³-hybridized carbons (Fsp3) is 0.368. The minimum absolute atomic E-state index is 0.0626. The molecule has 1 aromatic heterocycles. The van der Waals surface area contributed by atoms with Gasteiger partial charge >= 0.3 is 11.9 Å². The SMILES string of the molecule is CCN(CC)CCOC(=O)c1ccc(NC(=O)c2c(C(=O)O)cnn2C)cc1. The highest BCUT2D eigenvalue weighted by Gasteiger charge is 2.21. The standard InChI is InChI=1S/C19H24N4O5/c1-4-23(5-2)10-11-28-19(27)13-6-8-14(9-7-13)21-17(24)16-15(18(25)26)12-20-22(16)3/h6-9,12H,4-5,10-11H2,1-3H3,(H,21,24)(H,25,26). The lowest BCUT2D eigenvalue weighted by molar-refractivity contribution is 0.0466. The molecule has 2 N–H and O–H groups in total. The molecule has 0 aliphatic heterocycles. The van der Waals surface area contributed by atoms with E-state index in [1.165, 1.54) is 23.9 Å². The Labute approximate surface area is 162 Å². The maximum absolute atomic E-state index is 12.4. The molecule has 28 heavy (non-hydrogen) atoms. The van der Waals surface area contributed by atoms with Crippen molar-refractivity contribution in [1.29, 1.82) is 0 Å². The van der Waals surface area contributed by atoms with Crippen LogP contribution in [0.2, 0.25) is 0 Å². The van der Waals surface area contributed by atoms with Gasteiger partial charge in [-0.1, -0.05) is 13.8 Å². The molecule has 1 aromatic carbocycles. The largest absolute Gasteiger partial charge is 0.478 e. The van der Waals surface area contributed by atoms with E-state index in [9.17, 15) is 14.4 Å². The summed E-state index contributed by atoms with van der Waals surface area (Å²) in [7, 11) is 1.48. The number of hydrogen-bond acceptors (Lipinski definition) is 6. The molecule has 0 saturated heterocycles. The Morgan fingerprint density at radius 3 is 2.39 bits per heavy atom. The van der Waals surface area contributed by atoms with Crippen LogP contribution in [0.15, 0.2) is 30.5 Å². The number of aryl methyl sites for hydroxylation is 1. The van der Waals surface area contributed by atoms with Crippen LogP contribution in [0, 0.1) is 0 Å². The molecule has 0 unspecified atom stereocenters. The highest BCUT2D eigenvalue weighted by atomic mass is 16.5. The highest BCUT2D eigenvalue weighted by Crippen LogP contribution is 2.14. The smallest absolute Gasteiger partial charge is 0.339 e. The van der Waals surface area contributed by atoms with E-state index in [1.807, 2.05) is 13.8 Å². The number of carboxylic acid groups (broad SMARTS) is 1. The van der Waals surface area contributed by atoms with E-state index < -0.39 is 17.8 Å². The van der Waals surface area contributed by atoms with Crippen molar-refractivity contribution in [1.82, 2.24) is 14.7 Å². The molecule has 0 saturated carbocycles. The fourth-order valence-electron chi connectivity index (χ4n) is 2.63. The molecule has 0 bridgehead atoms. The van der Waals surface area contributed by atoms with E-state index in [-0.39, 0.29) is 11.3 Å². The number of carboxylic acids is 1. The minimum Gasteiger partial charge on any atom is -0.478 e. The summed E-state index contributed by atoms with van der Waals surface area (Å²) in [6.45, 7) is 6.85. The number of aromatic nitrogens is 2. The average Bonchev–Trinajstić information content (AvgIpc) is 3.07. The van der Waals surface area contributed by atoms with Gasteiger partial charge in [-0.15, -0.1) is 0 Å². The molecule has 0 spiro atoms. The highest BCUT2D eigenvalue weighted by molar-refractivity contribution is 6.09. The second-order valence-corrected chi connectivity index (χ2v) is 6.03. The second-order valence-electron chi connectivity index (χ2n) is 6.03. The van der Waals surface area contributed by atoms with Gasteiger partial charge in [0.25, 0.3) is 5.91 Å². The van der Waals surface area contributed by atoms with Crippen molar-refractivity contribution in [2.24, 2.45) is 7.05 Å². The van der Waals surface area contributed by atoms with Crippen LogP contribution in [0.5, 0.6) is 0 Å². The summed E-state index contributed by atoms with van der Waals surface area (Å²) in [6.07, 6.45) is 1.12. The molecule has 0 aliphatic rings. The molecule has 9 nitrogen and oxygen atoms in total.